The zero-order chi connectivity index (χ0) is 20.1. The molecule has 4 aromatic rings. The summed E-state index contributed by atoms with van der Waals surface area (Å²) in [7, 11) is 0. The maximum Gasteiger partial charge on any atom is 0.276 e. The first kappa shape index (κ1) is 17.5. The van der Waals surface area contributed by atoms with Gasteiger partial charge in [-0.3, -0.25) is 9.89 Å². The van der Waals surface area contributed by atoms with Crippen molar-refractivity contribution in [1.29, 1.82) is 0 Å². The van der Waals surface area contributed by atoms with Crippen LogP contribution in [0.5, 0.6) is 0 Å². The number of aromatic nitrogens is 4. The zero-order valence-electron chi connectivity index (χ0n) is 15.2. The van der Waals surface area contributed by atoms with Gasteiger partial charge in [0.2, 0.25) is 11.7 Å². The molecule has 5 rings (SSSR count). The standard InChI is InChI=1S/C20H15F2N5O2/c1-9-5-6-10(18-24-20(29-27-18)11-8-13(11)22)7-15(9)23-19(28)17-16-12(21)3-2-4-14(16)25-26-17/h2-7,11,13H,8H2,1H3,(H,23,28)(H,25,26)/t11-,13-/m0/s1. The van der Waals surface area contributed by atoms with Crippen molar-refractivity contribution < 1.29 is 18.1 Å². The van der Waals surface area contributed by atoms with E-state index >= 15 is 0 Å². The van der Waals surface area contributed by atoms with Crippen LogP contribution >= 0.6 is 0 Å². The first-order chi connectivity index (χ1) is 14.0. The summed E-state index contributed by atoms with van der Waals surface area (Å²) in [5.41, 5.74) is 2.30. The van der Waals surface area contributed by atoms with E-state index in [4.69, 9.17) is 4.52 Å². The Morgan fingerprint density at radius 1 is 1.31 bits per heavy atom. The highest BCUT2D eigenvalue weighted by molar-refractivity contribution is 6.11. The number of alkyl halides is 1. The molecule has 0 saturated heterocycles. The van der Waals surface area contributed by atoms with Crippen molar-refractivity contribution in [2.24, 2.45) is 0 Å². The van der Waals surface area contributed by atoms with E-state index in [-0.39, 0.29) is 22.9 Å². The predicted molar refractivity (Wildman–Crippen MR) is 101 cm³/mol. The van der Waals surface area contributed by atoms with Crippen molar-refractivity contribution in [2.75, 3.05) is 5.32 Å². The highest BCUT2D eigenvalue weighted by Gasteiger charge is 2.43. The molecule has 2 heterocycles. The Balaban J connectivity index is 1.44. The maximum atomic E-state index is 14.2. The summed E-state index contributed by atoms with van der Waals surface area (Å²) in [5, 5.41) is 13.4. The van der Waals surface area contributed by atoms with E-state index in [1.165, 1.54) is 12.1 Å². The smallest absolute Gasteiger partial charge is 0.276 e. The Morgan fingerprint density at radius 2 is 2.14 bits per heavy atom. The Labute approximate surface area is 163 Å². The summed E-state index contributed by atoms with van der Waals surface area (Å²) < 4.78 is 32.5. The van der Waals surface area contributed by atoms with Crippen LogP contribution in [-0.4, -0.2) is 32.4 Å². The molecule has 2 aromatic carbocycles. The van der Waals surface area contributed by atoms with E-state index in [0.29, 0.717) is 29.0 Å². The number of aromatic amines is 1. The quantitative estimate of drug-likeness (QED) is 0.541. The summed E-state index contributed by atoms with van der Waals surface area (Å²) in [5.74, 6) is -0.821. The Hall–Kier alpha value is -3.62. The molecule has 7 nitrogen and oxygen atoms in total. The molecule has 1 amide bonds. The van der Waals surface area contributed by atoms with Crippen molar-refractivity contribution >= 4 is 22.5 Å². The van der Waals surface area contributed by atoms with Crippen LogP contribution in [-0.2, 0) is 0 Å². The van der Waals surface area contributed by atoms with Gasteiger partial charge < -0.3 is 9.84 Å². The summed E-state index contributed by atoms with van der Waals surface area (Å²) >= 11 is 0. The van der Waals surface area contributed by atoms with Gasteiger partial charge >= 0.3 is 0 Å². The van der Waals surface area contributed by atoms with Crippen LogP contribution in [0.25, 0.3) is 22.3 Å². The zero-order valence-corrected chi connectivity index (χ0v) is 15.2. The van der Waals surface area contributed by atoms with E-state index < -0.39 is 17.9 Å². The Kier molecular flexibility index (Phi) is 3.90. The van der Waals surface area contributed by atoms with Crippen LogP contribution in [0.2, 0.25) is 0 Å². The third-order valence-corrected chi connectivity index (χ3v) is 4.97. The number of hydrogen-bond acceptors (Lipinski definition) is 5. The van der Waals surface area contributed by atoms with Crippen LogP contribution in [0.3, 0.4) is 0 Å². The molecule has 1 fully saturated rings. The van der Waals surface area contributed by atoms with Crippen molar-refractivity contribution in [3.05, 3.63) is 59.4 Å². The summed E-state index contributed by atoms with van der Waals surface area (Å²) in [6.07, 6.45) is -0.536. The number of aryl methyl sites for hydroxylation is 1. The fourth-order valence-electron chi connectivity index (χ4n) is 3.19. The van der Waals surface area contributed by atoms with Gasteiger partial charge in [-0.15, -0.1) is 0 Å². The number of benzene rings is 2. The van der Waals surface area contributed by atoms with Gasteiger partial charge in [-0.1, -0.05) is 23.4 Å². The lowest BCUT2D eigenvalue weighted by molar-refractivity contribution is 0.102. The van der Waals surface area contributed by atoms with E-state index in [1.54, 1.807) is 24.3 Å². The summed E-state index contributed by atoms with van der Waals surface area (Å²) in [6.45, 7) is 1.82. The summed E-state index contributed by atoms with van der Waals surface area (Å²) in [4.78, 5) is 17.0. The van der Waals surface area contributed by atoms with Crippen LogP contribution in [0.4, 0.5) is 14.5 Å². The molecule has 2 N–H and O–H groups in total. The van der Waals surface area contributed by atoms with Gasteiger partial charge in [0.25, 0.3) is 5.91 Å². The molecular formula is C20H15F2N5O2. The number of carbonyl (C=O) groups is 1. The number of H-pyrrole nitrogens is 1. The number of rotatable bonds is 4. The molecule has 1 aliphatic carbocycles. The fourth-order valence-corrected chi connectivity index (χ4v) is 3.19. The van der Waals surface area contributed by atoms with E-state index in [2.05, 4.69) is 25.7 Å². The minimum atomic E-state index is -0.930. The molecule has 0 unspecified atom stereocenters. The van der Waals surface area contributed by atoms with Gasteiger partial charge in [0.05, 0.1) is 16.8 Å². The van der Waals surface area contributed by atoms with Gasteiger partial charge in [0.1, 0.15) is 12.0 Å². The van der Waals surface area contributed by atoms with Crippen LogP contribution in [0.15, 0.2) is 40.9 Å². The maximum absolute atomic E-state index is 14.2. The number of nitrogens with one attached hydrogen (secondary N) is 2. The number of anilines is 1. The van der Waals surface area contributed by atoms with Gasteiger partial charge in [-0.2, -0.15) is 10.1 Å². The third kappa shape index (κ3) is 3.04. The van der Waals surface area contributed by atoms with Crippen molar-refractivity contribution in [3.8, 4) is 11.4 Å². The van der Waals surface area contributed by atoms with Gasteiger partial charge in [-0.05, 0) is 37.1 Å². The molecule has 0 bridgehead atoms. The third-order valence-electron chi connectivity index (χ3n) is 4.97. The average molecular weight is 395 g/mol. The van der Waals surface area contributed by atoms with Gasteiger partial charge in [0, 0.05) is 11.3 Å². The second-order valence-corrected chi connectivity index (χ2v) is 7.03. The SMILES string of the molecule is Cc1ccc(-c2noc([C@H]3C[C@@H]3F)n2)cc1NC(=O)c1n[nH]c2cccc(F)c12. The fraction of sp³-hybridized carbons (Fsp3) is 0.200. The normalized spacial score (nSPS) is 18.2. The van der Waals surface area contributed by atoms with Crippen molar-refractivity contribution in [2.45, 2.75) is 25.4 Å². The lowest BCUT2D eigenvalue weighted by atomic mass is 10.1. The van der Waals surface area contributed by atoms with E-state index in [9.17, 15) is 13.6 Å². The number of halogens is 2. The molecule has 2 atom stereocenters. The average Bonchev–Trinajstić information content (AvgIpc) is 3.12. The van der Waals surface area contributed by atoms with Crippen LogP contribution in [0, 0.1) is 12.7 Å². The predicted octanol–water partition coefficient (Wildman–Crippen LogP) is 4.14. The molecule has 0 spiro atoms. The second kappa shape index (κ2) is 6.47. The van der Waals surface area contributed by atoms with E-state index in [1.807, 2.05) is 6.92 Å². The first-order valence-corrected chi connectivity index (χ1v) is 9.04. The monoisotopic (exact) mass is 395 g/mol. The van der Waals surface area contributed by atoms with Gasteiger partial charge in [0.15, 0.2) is 5.69 Å². The largest absolute Gasteiger partial charge is 0.339 e. The second-order valence-electron chi connectivity index (χ2n) is 7.03. The molecule has 0 radical (unpaired) electrons. The topological polar surface area (TPSA) is 96.7 Å². The molecular weight excluding hydrogens is 380 g/mol. The minimum absolute atomic E-state index is 0.0347. The number of carbonyl (C=O) groups excluding carboxylic acids is 1. The highest BCUT2D eigenvalue weighted by Crippen LogP contribution is 2.43. The van der Waals surface area contributed by atoms with Crippen molar-refractivity contribution in [3.63, 3.8) is 0 Å². The Bertz CT molecular complexity index is 1250. The molecule has 0 aliphatic heterocycles. The first-order valence-electron chi connectivity index (χ1n) is 9.04. The Morgan fingerprint density at radius 3 is 2.93 bits per heavy atom. The molecule has 1 aliphatic rings. The lowest BCUT2D eigenvalue weighted by Crippen LogP contribution is -2.14. The number of fused-ring (bicyclic) bond motifs is 1. The lowest BCUT2D eigenvalue weighted by Gasteiger charge is -2.09. The minimum Gasteiger partial charge on any atom is -0.339 e. The van der Waals surface area contributed by atoms with E-state index in [0.717, 1.165) is 5.56 Å². The molecule has 9 heteroatoms. The molecule has 1 saturated carbocycles. The number of nitrogens with zero attached hydrogens (tertiary/aromatic N) is 3. The molecule has 146 valence electrons. The number of hydrogen-bond donors (Lipinski definition) is 2. The highest BCUT2D eigenvalue weighted by atomic mass is 19.1. The van der Waals surface area contributed by atoms with Gasteiger partial charge in [-0.25, -0.2) is 8.78 Å². The number of amides is 1. The van der Waals surface area contributed by atoms with Crippen LogP contribution < -0.4 is 5.32 Å². The van der Waals surface area contributed by atoms with Crippen molar-refractivity contribution in [1.82, 2.24) is 20.3 Å². The summed E-state index contributed by atoms with van der Waals surface area (Å²) in [6, 6.07) is 9.71. The molecule has 29 heavy (non-hydrogen) atoms. The van der Waals surface area contributed by atoms with Crippen LogP contribution in [0.1, 0.15) is 34.3 Å². The molecule has 2 aromatic heterocycles.